The molecule has 0 N–H and O–H groups in total. The van der Waals surface area contributed by atoms with Crippen LogP contribution in [-0.4, -0.2) is 15.0 Å². The van der Waals surface area contributed by atoms with Crippen molar-refractivity contribution in [3.63, 3.8) is 0 Å². The molecule has 8 aromatic rings. The molecule has 0 bridgehead atoms. The SMILES string of the molecule is C1=CC2C=CC(c3nc(-c4ccc5ccc6c7ccccc7ccc6c5c4)nc(-c4cccc5oc6ccccc6c45)n3)=CC2C=C1. The fourth-order valence-corrected chi connectivity index (χ4v) is 7.30. The van der Waals surface area contributed by atoms with E-state index in [0.29, 0.717) is 23.4 Å². The molecule has 0 radical (unpaired) electrons. The number of hydrogen-bond acceptors (Lipinski definition) is 4. The Kier molecular flexibility index (Phi) is 5.67. The minimum Gasteiger partial charge on any atom is -0.456 e. The van der Waals surface area contributed by atoms with Crippen LogP contribution < -0.4 is 0 Å². The van der Waals surface area contributed by atoms with Crippen LogP contribution in [0.5, 0.6) is 0 Å². The number of nitrogens with zero attached hydrogens (tertiary/aromatic N) is 3. The lowest BCUT2D eigenvalue weighted by Crippen LogP contribution is -2.12. The fraction of sp³-hybridized carbons (Fsp3) is 0.0465. The van der Waals surface area contributed by atoms with Gasteiger partial charge in [0.05, 0.1) is 0 Å². The highest BCUT2D eigenvalue weighted by molar-refractivity contribution is 6.17. The van der Waals surface area contributed by atoms with Gasteiger partial charge in [-0.3, -0.25) is 0 Å². The van der Waals surface area contributed by atoms with Crippen molar-refractivity contribution in [1.82, 2.24) is 15.0 Å². The first-order chi connectivity index (χ1) is 23.3. The second-order valence-corrected chi connectivity index (χ2v) is 12.4. The van der Waals surface area contributed by atoms with E-state index in [-0.39, 0.29) is 5.92 Å². The first kappa shape index (κ1) is 26.1. The molecule has 6 aromatic carbocycles. The second kappa shape index (κ2) is 10.2. The molecule has 0 aliphatic heterocycles. The average Bonchev–Trinajstić information content (AvgIpc) is 3.53. The van der Waals surface area contributed by atoms with Crippen molar-refractivity contribution < 1.29 is 4.42 Å². The molecule has 2 aromatic heterocycles. The first-order valence-electron chi connectivity index (χ1n) is 16.0. The maximum atomic E-state index is 6.25. The molecule has 47 heavy (non-hydrogen) atoms. The minimum atomic E-state index is 0.270. The number of aromatic nitrogens is 3. The van der Waals surface area contributed by atoms with Gasteiger partial charge < -0.3 is 4.42 Å². The molecule has 0 spiro atoms. The average molecular weight is 602 g/mol. The van der Waals surface area contributed by atoms with E-state index in [1.165, 1.54) is 32.3 Å². The van der Waals surface area contributed by atoms with E-state index in [1.807, 2.05) is 30.3 Å². The van der Waals surface area contributed by atoms with Crippen LogP contribution in [0, 0.1) is 11.8 Å². The fourth-order valence-electron chi connectivity index (χ4n) is 7.30. The maximum absolute atomic E-state index is 6.25. The Balaban J connectivity index is 1.21. The third kappa shape index (κ3) is 4.19. The zero-order chi connectivity index (χ0) is 30.9. The van der Waals surface area contributed by atoms with Gasteiger partial charge in [-0.2, -0.15) is 0 Å². The van der Waals surface area contributed by atoms with E-state index in [4.69, 9.17) is 19.4 Å². The molecule has 220 valence electrons. The van der Waals surface area contributed by atoms with Gasteiger partial charge in [0, 0.05) is 39.3 Å². The van der Waals surface area contributed by atoms with Gasteiger partial charge in [-0.25, -0.2) is 15.0 Å². The predicted molar refractivity (Wildman–Crippen MR) is 193 cm³/mol. The Morgan fingerprint density at radius 3 is 2.11 bits per heavy atom. The van der Waals surface area contributed by atoms with E-state index >= 15 is 0 Å². The maximum Gasteiger partial charge on any atom is 0.164 e. The standard InChI is InChI=1S/C43H27N3O/c1-2-10-29-24-30(18-16-26(29)8-1)41-44-42(46-43(45-41)36-13-7-15-39-40(36)35-12-5-6-14-38(35)47-39)31-19-17-28-21-22-33-32-11-4-3-9-27(32)20-23-34(33)37(28)25-31/h1-26,29H. The molecule has 2 atom stereocenters. The number of allylic oxidation sites excluding steroid dienone is 8. The minimum absolute atomic E-state index is 0.270. The smallest absolute Gasteiger partial charge is 0.164 e. The molecule has 0 saturated heterocycles. The summed E-state index contributed by atoms with van der Waals surface area (Å²) in [6.07, 6.45) is 15.4. The van der Waals surface area contributed by atoms with Crippen molar-refractivity contribution in [1.29, 1.82) is 0 Å². The number of fused-ring (bicyclic) bond motifs is 9. The largest absolute Gasteiger partial charge is 0.456 e. The number of para-hydroxylation sites is 1. The number of benzene rings is 6. The Bertz CT molecular complexity index is 2710. The lowest BCUT2D eigenvalue weighted by molar-refractivity contribution is 0.662. The van der Waals surface area contributed by atoms with Crippen molar-refractivity contribution in [2.45, 2.75) is 0 Å². The van der Waals surface area contributed by atoms with Crippen LogP contribution in [0.4, 0.5) is 0 Å². The third-order valence-electron chi connectivity index (χ3n) is 9.63. The van der Waals surface area contributed by atoms with E-state index in [2.05, 4.69) is 121 Å². The van der Waals surface area contributed by atoms with Gasteiger partial charge in [0.25, 0.3) is 0 Å². The van der Waals surface area contributed by atoms with E-state index in [0.717, 1.165) is 38.6 Å². The molecule has 2 heterocycles. The Morgan fingerprint density at radius 1 is 0.489 bits per heavy atom. The van der Waals surface area contributed by atoms with Gasteiger partial charge in [0.1, 0.15) is 11.2 Å². The van der Waals surface area contributed by atoms with Gasteiger partial charge in [-0.15, -0.1) is 0 Å². The van der Waals surface area contributed by atoms with Crippen molar-refractivity contribution in [3.05, 3.63) is 158 Å². The summed E-state index contributed by atoms with van der Waals surface area (Å²) in [6, 6.07) is 38.3. The zero-order valence-electron chi connectivity index (χ0n) is 25.3. The highest BCUT2D eigenvalue weighted by Gasteiger charge is 2.22. The normalized spacial score (nSPS) is 17.2. The zero-order valence-corrected chi connectivity index (χ0v) is 25.3. The summed E-state index contributed by atoms with van der Waals surface area (Å²) < 4.78 is 6.25. The molecule has 4 heteroatoms. The second-order valence-electron chi connectivity index (χ2n) is 12.4. The topological polar surface area (TPSA) is 51.8 Å². The van der Waals surface area contributed by atoms with Crippen LogP contribution in [-0.2, 0) is 0 Å². The van der Waals surface area contributed by atoms with Gasteiger partial charge in [-0.1, -0.05) is 134 Å². The molecule has 2 aliphatic carbocycles. The molecule has 0 amide bonds. The van der Waals surface area contributed by atoms with Crippen molar-refractivity contribution >= 4 is 59.8 Å². The van der Waals surface area contributed by atoms with Gasteiger partial charge >= 0.3 is 0 Å². The molecule has 2 aliphatic rings. The molecule has 10 rings (SSSR count). The Morgan fingerprint density at radius 2 is 1.19 bits per heavy atom. The lowest BCUT2D eigenvalue weighted by Gasteiger charge is -2.22. The van der Waals surface area contributed by atoms with Crippen LogP contribution in [0.15, 0.2) is 156 Å². The van der Waals surface area contributed by atoms with Crippen molar-refractivity contribution in [2.24, 2.45) is 11.8 Å². The van der Waals surface area contributed by atoms with Crippen LogP contribution in [0.1, 0.15) is 5.82 Å². The summed E-state index contributed by atoms with van der Waals surface area (Å²) in [5, 5.41) is 9.36. The highest BCUT2D eigenvalue weighted by atomic mass is 16.3. The van der Waals surface area contributed by atoms with E-state index < -0.39 is 0 Å². The molecule has 4 nitrogen and oxygen atoms in total. The van der Waals surface area contributed by atoms with Crippen molar-refractivity contribution in [3.8, 4) is 22.8 Å². The number of hydrogen-bond donors (Lipinski definition) is 0. The number of rotatable bonds is 3. The summed E-state index contributed by atoms with van der Waals surface area (Å²) >= 11 is 0. The van der Waals surface area contributed by atoms with Crippen LogP contribution in [0.2, 0.25) is 0 Å². The molecule has 0 fully saturated rings. The molecular formula is C43H27N3O. The summed E-state index contributed by atoms with van der Waals surface area (Å²) in [7, 11) is 0. The van der Waals surface area contributed by atoms with E-state index in [9.17, 15) is 0 Å². The van der Waals surface area contributed by atoms with Gasteiger partial charge in [0.15, 0.2) is 17.5 Å². The summed E-state index contributed by atoms with van der Waals surface area (Å²) in [5.41, 5.74) is 4.53. The van der Waals surface area contributed by atoms with Gasteiger partial charge in [-0.05, 0) is 50.5 Å². The lowest BCUT2D eigenvalue weighted by atomic mass is 9.83. The van der Waals surface area contributed by atoms with Crippen LogP contribution in [0.25, 0.3) is 82.6 Å². The summed E-state index contributed by atoms with van der Waals surface area (Å²) in [6.45, 7) is 0. The van der Waals surface area contributed by atoms with Crippen LogP contribution >= 0.6 is 0 Å². The predicted octanol–water partition coefficient (Wildman–Crippen LogP) is 10.9. The molecular weight excluding hydrogens is 574 g/mol. The van der Waals surface area contributed by atoms with Crippen LogP contribution in [0.3, 0.4) is 0 Å². The monoisotopic (exact) mass is 601 g/mol. The Hall–Kier alpha value is -6.13. The first-order valence-corrected chi connectivity index (χ1v) is 16.0. The Labute approximate surface area is 270 Å². The molecule has 0 saturated carbocycles. The summed E-state index contributed by atoms with van der Waals surface area (Å²) in [4.78, 5) is 15.5. The molecule has 2 unspecified atom stereocenters. The summed E-state index contributed by atoms with van der Waals surface area (Å²) in [5.74, 6) is 2.55. The third-order valence-corrected chi connectivity index (χ3v) is 9.63. The van der Waals surface area contributed by atoms with Gasteiger partial charge in [0.2, 0.25) is 0 Å². The quantitative estimate of drug-likeness (QED) is 0.189. The van der Waals surface area contributed by atoms with E-state index in [1.54, 1.807) is 0 Å². The number of furan rings is 1. The van der Waals surface area contributed by atoms with Crippen molar-refractivity contribution in [2.75, 3.05) is 0 Å². The highest BCUT2D eigenvalue weighted by Crippen LogP contribution is 2.38.